The van der Waals surface area contributed by atoms with E-state index in [4.69, 9.17) is 4.74 Å². The molecule has 4 heteroatoms. The number of nitrogens with zero attached hydrogens (tertiary/aromatic N) is 1. The molecule has 0 radical (unpaired) electrons. The summed E-state index contributed by atoms with van der Waals surface area (Å²) in [5.74, 6) is 0.972. The first kappa shape index (κ1) is 11.7. The van der Waals surface area contributed by atoms with Gasteiger partial charge in [0.15, 0.2) is 0 Å². The van der Waals surface area contributed by atoms with Gasteiger partial charge in [0, 0.05) is 21.4 Å². The first-order chi connectivity index (χ1) is 9.31. The van der Waals surface area contributed by atoms with Crippen LogP contribution in [0.25, 0.3) is 10.8 Å². The highest BCUT2D eigenvalue weighted by Crippen LogP contribution is 2.37. The number of pyridine rings is 1. The van der Waals surface area contributed by atoms with Gasteiger partial charge in [-0.3, -0.25) is 0 Å². The van der Waals surface area contributed by atoms with Crippen LogP contribution in [0.5, 0.6) is 0 Å². The number of benzene rings is 1. The fraction of sp³-hybridized carbons (Fsp3) is 0.400. The third-order valence-electron chi connectivity index (χ3n) is 4.18. The molecule has 4 rings (SSSR count). The highest BCUT2D eigenvalue weighted by atomic mass is 79.9. The number of ether oxygens (including phenoxy) is 1. The van der Waals surface area contributed by atoms with E-state index in [1.165, 1.54) is 23.6 Å². The van der Waals surface area contributed by atoms with E-state index >= 15 is 0 Å². The van der Waals surface area contributed by atoms with Crippen molar-refractivity contribution in [2.24, 2.45) is 0 Å². The third-order valence-corrected chi connectivity index (χ3v) is 4.87. The van der Waals surface area contributed by atoms with Crippen molar-refractivity contribution in [3.63, 3.8) is 0 Å². The maximum atomic E-state index is 5.89. The average Bonchev–Trinajstić information content (AvgIpc) is 3.02. The molecule has 0 saturated carbocycles. The van der Waals surface area contributed by atoms with E-state index < -0.39 is 0 Å². The SMILES string of the molecule is Brc1cccc2c(NC3CC4CCC3O4)nccc12. The molecule has 0 spiro atoms. The van der Waals surface area contributed by atoms with Gasteiger partial charge >= 0.3 is 0 Å². The van der Waals surface area contributed by atoms with E-state index in [0.29, 0.717) is 18.2 Å². The Morgan fingerprint density at radius 3 is 2.95 bits per heavy atom. The lowest BCUT2D eigenvalue weighted by Gasteiger charge is -2.21. The second kappa shape index (κ2) is 4.46. The van der Waals surface area contributed by atoms with Crippen molar-refractivity contribution in [3.05, 3.63) is 34.9 Å². The minimum absolute atomic E-state index is 0.370. The fourth-order valence-corrected chi connectivity index (χ4v) is 3.75. The van der Waals surface area contributed by atoms with E-state index in [0.717, 1.165) is 16.7 Å². The molecule has 3 unspecified atom stereocenters. The molecule has 2 aliphatic heterocycles. The predicted octanol–water partition coefficient (Wildman–Crippen LogP) is 3.73. The number of aromatic nitrogens is 1. The highest BCUT2D eigenvalue weighted by Gasteiger charge is 2.40. The molecule has 3 atom stereocenters. The maximum absolute atomic E-state index is 5.89. The summed E-state index contributed by atoms with van der Waals surface area (Å²) in [6, 6.07) is 8.69. The zero-order valence-corrected chi connectivity index (χ0v) is 12.1. The number of hydrogen-bond donors (Lipinski definition) is 1. The quantitative estimate of drug-likeness (QED) is 0.916. The summed E-state index contributed by atoms with van der Waals surface area (Å²) in [5, 5.41) is 5.95. The molecular formula is C15H15BrN2O. The van der Waals surface area contributed by atoms with Gasteiger partial charge in [-0.25, -0.2) is 4.98 Å². The number of anilines is 1. The van der Waals surface area contributed by atoms with Gasteiger partial charge in [0.1, 0.15) is 5.82 Å². The van der Waals surface area contributed by atoms with E-state index in [1.54, 1.807) is 0 Å². The molecular weight excluding hydrogens is 304 g/mol. The summed E-state index contributed by atoms with van der Waals surface area (Å²) in [6.07, 6.45) is 6.20. The van der Waals surface area contributed by atoms with Crippen LogP contribution in [0.4, 0.5) is 5.82 Å². The minimum Gasteiger partial charge on any atom is -0.373 e. The molecule has 2 bridgehead atoms. The minimum atomic E-state index is 0.370. The molecule has 1 N–H and O–H groups in total. The number of halogens is 1. The van der Waals surface area contributed by atoms with Crippen molar-refractivity contribution in [2.75, 3.05) is 5.32 Å². The van der Waals surface area contributed by atoms with Crippen LogP contribution in [0.2, 0.25) is 0 Å². The van der Waals surface area contributed by atoms with Crippen LogP contribution in [0.15, 0.2) is 34.9 Å². The van der Waals surface area contributed by atoms with E-state index in [9.17, 15) is 0 Å². The summed E-state index contributed by atoms with van der Waals surface area (Å²) in [6.45, 7) is 0. The van der Waals surface area contributed by atoms with Gasteiger partial charge in [-0.2, -0.15) is 0 Å². The molecule has 2 fully saturated rings. The zero-order chi connectivity index (χ0) is 12.8. The topological polar surface area (TPSA) is 34.1 Å². The number of rotatable bonds is 2. The van der Waals surface area contributed by atoms with E-state index in [-0.39, 0.29) is 0 Å². The Bertz CT molecular complexity index is 631. The number of nitrogens with one attached hydrogen (secondary N) is 1. The van der Waals surface area contributed by atoms with Crippen LogP contribution in [-0.2, 0) is 4.74 Å². The summed E-state index contributed by atoms with van der Waals surface area (Å²) < 4.78 is 7.00. The van der Waals surface area contributed by atoms with Crippen molar-refractivity contribution in [1.82, 2.24) is 4.98 Å². The largest absolute Gasteiger partial charge is 0.373 e. The van der Waals surface area contributed by atoms with Crippen LogP contribution < -0.4 is 5.32 Å². The molecule has 0 amide bonds. The molecule has 2 aromatic rings. The standard InChI is InChI=1S/C15H15BrN2O/c16-12-3-1-2-11-10(12)6-7-17-15(11)18-13-8-9-4-5-14(13)19-9/h1-3,6-7,9,13-14H,4-5,8H2,(H,17,18). The van der Waals surface area contributed by atoms with Gasteiger partial charge in [-0.05, 0) is 31.4 Å². The molecule has 0 aliphatic carbocycles. The van der Waals surface area contributed by atoms with Gasteiger partial charge < -0.3 is 10.1 Å². The molecule has 98 valence electrons. The van der Waals surface area contributed by atoms with Gasteiger partial charge in [0.2, 0.25) is 0 Å². The second-order valence-electron chi connectivity index (χ2n) is 5.35. The third kappa shape index (κ3) is 1.94. The predicted molar refractivity (Wildman–Crippen MR) is 79.4 cm³/mol. The van der Waals surface area contributed by atoms with Crippen LogP contribution in [-0.4, -0.2) is 23.2 Å². The van der Waals surface area contributed by atoms with Gasteiger partial charge in [-0.15, -0.1) is 0 Å². The highest BCUT2D eigenvalue weighted by molar-refractivity contribution is 9.10. The van der Waals surface area contributed by atoms with E-state index in [1.807, 2.05) is 12.3 Å². The summed E-state index contributed by atoms with van der Waals surface area (Å²) >= 11 is 3.60. The summed E-state index contributed by atoms with van der Waals surface area (Å²) in [7, 11) is 0. The Balaban J connectivity index is 1.70. The van der Waals surface area contributed by atoms with Crippen molar-refractivity contribution < 1.29 is 4.74 Å². The Morgan fingerprint density at radius 2 is 2.16 bits per heavy atom. The van der Waals surface area contributed by atoms with Crippen LogP contribution >= 0.6 is 15.9 Å². The van der Waals surface area contributed by atoms with Gasteiger partial charge in [0.05, 0.1) is 18.2 Å². The summed E-state index contributed by atoms with van der Waals surface area (Å²) in [5.41, 5.74) is 0. The lowest BCUT2D eigenvalue weighted by Crippen LogP contribution is -2.30. The number of hydrogen-bond acceptors (Lipinski definition) is 3. The van der Waals surface area contributed by atoms with Gasteiger partial charge in [-0.1, -0.05) is 28.1 Å². The van der Waals surface area contributed by atoms with Gasteiger partial charge in [0.25, 0.3) is 0 Å². The Morgan fingerprint density at radius 1 is 1.21 bits per heavy atom. The molecule has 19 heavy (non-hydrogen) atoms. The summed E-state index contributed by atoms with van der Waals surface area (Å²) in [4.78, 5) is 4.51. The zero-order valence-electron chi connectivity index (χ0n) is 10.5. The molecule has 1 aromatic heterocycles. The lowest BCUT2D eigenvalue weighted by atomic mass is 9.95. The Hall–Kier alpha value is -1.13. The molecule has 3 nitrogen and oxygen atoms in total. The smallest absolute Gasteiger partial charge is 0.134 e. The van der Waals surface area contributed by atoms with Crippen LogP contribution in [0.1, 0.15) is 19.3 Å². The van der Waals surface area contributed by atoms with Crippen molar-refractivity contribution >= 4 is 32.5 Å². The Labute approximate surface area is 120 Å². The van der Waals surface area contributed by atoms with Crippen LogP contribution in [0.3, 0.4) is 0 Å². The first-order valence-electron chi connectivity index (χ1n) is 6.76. The average molecular weight is 319 g/mol. The van der Waals surface area contributed by atoms with Crippen molar-refractivity contribution in [3.8, 4) is 0 Å². The second-order valence-corrected chi connectivity index (χ2v) is 6.21. The Kier molecular flexibility index (Phi) is 2.74. The number of fused-ring (bicyclic) bond motifs is 3. The molecule has 2 saturated heterocycles. The monoisotopic (exact) mass is 318 g/mol. The van der Waals surface area contributed by atoms with Crippen LogP contribution in [0, 0.1) is 0 Å². The van der Waals surface area contributed by atoms with E-state index in [2.05, 4.69) is 44.4 Å². The lowest BCUT2D eigenvalue weighted by molar-refractivity contribution is 0.102. The molecule has 3 heterocycles. The van der Waals surface area contributed by atoms with Crippen molar-refractivity contribution in [1.29, 1.82) is 0 Å². The normalized spacial score (nSPS) is 29.0. The maximum Gasteiger partial charge on any atom is 0.134 e. The fourth-order valence-electron chi connectivity index (χ4n) is 3.25. The molecule has 1 aromatic carbocycles. The molecule has 2 aliphatic rings. The van der Waals surface area contributed by atoms with Crippen molar-refractivity contribution in [2.45, 2.75) is 37.5 Å². The first-order valence-corrected chi connectivity index (χ1v) is 7.56.